The number of ether oxygens (including phenoxy) is 2. The van der Waals surface area contributed by atoms with Crippen LogP contribution in [-0.4, -0.2) is 135 Å². The van der Waals surface area contributed by atoms with Crippen LogP contribution in [-0.2, 0) is 14.4 Å². The van der Waals surface area contributed by atoms with E-state index in [0.29, 0.717) is 55.6 Å². The third kappa shape index (κ3) is 9.98. The first-order valence-electron chi connectivity index (χ1n) is 21.0. The first kappa shape index (κ1) is 45.1. The topological polar surface area (TPSA) is 177 Å². The number of piperidine rings is 2. The Morgan fingerprint density at radius 3 is 2.30 bits per heavy atom. The van der Waals surface area contributed by atoms with Crippen molar-refractivity contribution in [1.29, 1.82) is 0 Å². The number of fused-ring (bicyclic) bond motifs is 1. The van der Waals surface area contributed by atoms with E-state index in [0.717, 1.165) is 49.9 Å². The number of nitrogens with zero attached hydrogens (tertiary/aromatic N) is 7. The molecule has 4 N–H and O–H groups in total. The lowest BCUT2D eigenvalue weighted by molar-refractivity contribution is -0.140. The van der Waals surface area contributed by atoms with E-state index in [4.69, 9.17) is 9.47 Å². The maximum atomic E-state index is 15.6. The maximum absolute atomic E-state index is 15.6. The Kier molecular flexibility index (Phi) is 13.4. The highest BCUT2D eigenvalue weighted by Gasteiger charge is 2.48. The number of piperazine rings is 1. The van der Waals surface area contributed by atoms with E-state index < -0.39 is 53.9 Å². The molecule has 17 nitrogen and oxygen atoms in total. The molecule has 0 spiro atoms. The van der Waals surface area contributed by atoms with Crippen LogP contribution in [0.25, 0.3) is 0 Å². The van der Waals surface area contributed by atoms with Crippen LogP contribution in [0, 0.1) is 17.6 Å². The molecule has 4 amide bonds. The number of anilines is 6. The Morgan fingerprint density at radius 2 is 1.63 bits per heavy atom. The number of halogens is 4. The number of hydrazine groups is 1. The second kappa shape index (κ2) is 18.8. The van der Waals surface area contributed by atoms with Crippen molar-refractivity contribution in [1.82, 2.24) is 30.6 Å². The minimum atomic E-state index is -3.67. The molecule has 3 saturated heterocycles. The number of amides is 4. The molecule has 0 aliphatic carbocycles. The monoisotopic (exact) mass is 883 g/mol. The zero-order chi connectivity index (χ0) is 45.2. The van der Waals surface area contributed by atoms with Gasteiger partial charge in [-0.05, 0) is 58.1 Å². The molecule has 0 saturated carbocycles. The fourth-order valence-corrected chi connectivity index (χ4v) is 8.33. The molecule has 3 aromatic rings. The molecule has 7 rings (SSSR count). The minimum absolute atomic E-state index is 0.0313. The number of hydrogen-bond donors (Lipinski definition) is 4. The molecular weight excluding hydrogens is 831 g/mol. The van der Waals surface area contributed by atoms with Crippen molar-refractivity contribution in [2.45, 2.75) is 64.0 Å². The molecule has 1 unspecified atom stereocenters. The highest BCUT2D eigenvalue weighted by molar-refractivity contribution is 6.02. The van der Waals surface area contributed by atoms with Crippen molar-refractivity contribution in [3.63, 3.8) is 0 Å². The average Bonchev–Trinajstić information content (AvgIpc) is 3.33. The number of rotatable bonds is 13. The van der Waals surface area contributed by atoms with Crippen LogP contribution < -0.4 is 45.5 Å². The number of alkyl halides is 2. The number of carbonyl (C=O) groups is 4. The van der Waals surface area contributed by atoms with Crippen molar-refractivity contribution < 1.29 is 46.2 Å². The fourth-order valence-electron chi connectivity index (χ4n) is 8.33. The van der Waals surface area contributed by atoms with Crippen LogP contribution in [0.2, 0.25) is 0 Å². The largest absolute Gasteiger partial charge is 0.496 e. The lowest BCUT2D eigenvalue weighted by atomic mass is 9.94. The van der Waals surface area contributed by atoms with Crippen molar-refractivity contribution in [2.24, 2.45) is 5.92 Å². The van der Waals surface area contributed by atoms with Gasteiger partial charge in [-0.3, -0.25) is 34.8 Å². The molecule has 4 aliphatic heterocycles. The van der Waals surface area contributed by atoms with Crippen LogP contribution >= 0.6 is 0 Å². The van der Waals surface area contributed by atoms with Gasteiger partial charge in [0.25, 0.3) is 11.8 Å². The van der Waals surface area contributed by atoms with Crippen LogP contribution in [0.1, 0.15) is 56.3 Å². The van der Waals surface area contributed by atoms with Gasteiger partial charge in [0, 0.05) is 77.0 Å². The van der Waals surface area contributed by atoms with E-state index in [1.165, 1.54) is 44.5 Å². The zero-order valence-corrected chi connectivity index (χ0v) is 35.9. The lowest BCUT2D eigenvalue weighted by Gasteiger charge is -2.38. The van der Waals surface area contributed by atoms with Gasteiger partial charge in [0.1, 0.15) is 34.9 Å². The summed E-state index contributed by atoms with van der Waals surface area (Å²) in [5.41, 5.74) is 3.57. The summed E-state index contributed by atoms with van der Waals surface area (Å²) in [5.74, 6) is -6.76. The predicted molar refractivity (Wildman–Crippen MR) is 227 cm³/mol. The summed E-state index contributed by atoms with van der Waals surface area (Å²) in [6, 6.07) is 4.18. The molecule has 0 bridgehead atoms. The number of aromatic nitrogens is 2. The second-order valence-electron chi connectivity index (χ2n) is 16.5. The lowest BCUT2D eigenvalue weighted by Crippen LogP contribution is -2.48. The quantitative estimate of drug-likeness (QED) is 0.142. The molecule has 5 heterocycles. The normalized spacial score (nSPS) is 20.0. The summed E-state index contributed by atoms with van der Waals surface area (Å²) in [7, 11) is 4.06. The predicted octanol–water partition coefficient (Wildman–Crippen LogP) is 4.13. The van der Waals surface area contributed by atoms with E-state index in [9.17, 15) is 28.0 Å². The number of imide groups is 1. The Labute approximate surface area is 362 Å². The molecule has 340 valence electrons. The summed E-state index contributed by atoms with van der Waals surface area (Å²) in [5, 5.41) is 9.89. The molecule has 0 radical (unpaired) electrons. The van der Waals surface area contributed by atoms with Gasteiger partial charge in [0.05, 0.1) is 49.6 Å². The smallest absolute Gasteiger partial charge is 0.342 e. The summed E-state index contributed by atoms with van der Waals surface area (Å²) in [6.45, 7) is 7.29. The van der Waals surface area contributed by atoms with Crippen LogP contribution in [0.15, 0.2) is 30.5 Å². The molecule has 2 aromatic carbocycles. The van der Waals surface area contributed by atoms with E-state index >= 15 is 8.78 Å². The Balaban J connectivity index is 0.885. The minimum Gasteiger partial charge on any atom is -0.496 e. The Hall–Kier alpha value is -5.96. The van der Waals surface area contributed by atoms with Crippen molar-refractivity contribution in [3.05, 3.63) is 47.7 Å². The van der Waals surface area contributed by atoms with Crippen molar-refractivity contribution >= 4 is 58.1 Å². The SMILES string of the molecule is COc1cc(N2CCN(CCC3CCN(NC(=O)c4cc(F)c(Nc5ncc6c(n5)N(C(C)C)CC(F)(F)C(=O)N6C)cc4OC)CC3)CC2)c(F)cc1NC1CCC(=O)NC1=O. The average molecular weight is 884 g/mol. The van der Waals surface area contributed by atoms with Crippen LogP contribution in [0.4, 0.5) is 52.1 Å². The second-order valence-corrected chi connectivity index (χ2v) is 16.5. The number of hydrogen-bond acceptors (Lipinski definition) is 14. The first-order valence-corrected chi connectivity index (χ1v) is 21.0. The van der Waals surface area contributed by atoms with E-state index in [1.54, 1.807) is 19.9 Å². The Bertz CT molecular complexity index is 2220. The molecule has 63 heavy (non-hydrogen) atoms. The first-order chi connectivity index (χ1) is 30.0. The van der Waals surface area contributed by atoms with Gasteiger partial charge >= 0.3 is 5.92 Å². The van der Waals surface area contributed by atoms with Gasteiger partial charge in [0.15, 0.2) is 5.82 Å². The molecule has 4 aliphatic rings. The van der Waals surface area contributed by atoms with Gasteiger partial charge in [0.2, 0.25) is 17.8 Å². The summed E-state index contributed by atoms with van der Waals surface area (Å²) >= 11 is 0. The van der Waals surface area contributed by atoms with E-state index in [-0.39, 0.29) is 46.8 Å². The molecule has 21 heteroatoms. The molecule has 3 fully saturated rings. The van der Waals surface area contributed by atoms with Crippen LogP contribution in [0.3, 0.4) is 0 Å². The van der Waals surface area contributed by atoms with Gasteiger partial charge in [-0.25, -0.2) is 18.8 Å². The summed E-state index contributed by atoms with van der Waals surface area (Å²) in [4.78, 5) is 64.6. The zero-order valence-electron chi connectivity index (χ0n) is 35.9. The maximum Gasteiger partial charge on any atom is 0.342 e. The van der Waals surface area contributed by atoms with Gasteiger partial charge in [-0.1, -0.05) is 0 Å². The van der Waals surface area contributed by atoms with Crippen molar-refractivity contribution in [2.75, 3.05) is 99.0 Å². The molecule has 1 atom stereocenters. The number of methoxy groups -OCH3 is 2. The van der Waals surface area contributed by atoms with Crippen LogP contribution in [0.5, 0.6) is 11.5 Å². The van der Waals surface area contributed by atoms with Gasteiger partial charge in [-0.15, -0.1) is 0 Å². The fraction of sp³-hybridized carbons (Fsp3) is 0.524. The Morgan fingerprint density at radius 1 is 0.921 bits per heavy atom. The highest BCUT2D eigenvalue weighted by Crippen LogP contribution is 2.38. The third-order valence-corrected chi connectivity index (χ3v) is 12.1. The number of benzene rings is 2. The van der Waals surface area contributed by atoms with Gasteiger partial charge in [-0.2, -0.15) is 13.8 Å². The standard InChI is InChI=1S/C42H53F4N11O6/c1-24(2)57-23-42(45,46)40(61)53(3)33-22-47-41(51-37(33)57)49-30-20-34(62-4)26(18-27(30)43)38(59)52-56-12-9-25(10-13-56)8-11-54-14-16-55(17-15-54)32-21-35(63-5)31(19-28(32)44)48-29-6-7-36(58)50-39(29)60/h18-22,24-25,29,48H,6-17,23H2,1-5H3,(H,52,59)(H,47,49,51)(H,50,58,60). The molecular formula is C42H53F4N11O6. The van der Waals surface area contributed by atoms with E-state index in [1.807, 2.05) is 9.91 Å². The van der Waals surface area contributed by atoms with Crippen molar-refractivity contribution in [3.8, 4) is 11.5 Å². The third-order valence-electron chi connectivity index (χ3n) is 12.1. The molecule has 1 aromatic heterocycles. The number of nitrogens with one attached hydrogen (secondary N) is 4. The summed E-state index contributed by atoms with van der Waals surface area (Å²) < 4.78 is 71.5. The number of carbonyl (C=O) groups excluding carboxylic acids is 4. The van der Waals surface area contributed by atoms with E-state index in [2.05, 4.69) is 36.2 Å². The highest BCUT2D eigenvalue weighted by atomic mass is 19.3. The summed E-state index contributed by atoms with van der Waals surface area (Å²) in [6.07, 6.45) is 4.37. The van der Waals surface area contributed by atoms with Gasteiger partial charge < -0.3 is 34.8 Å².